The molecule has 0 saturated heterocycles. The molecule has 110 valence electrons. The predicted molar refractivity (Wildman–Crippen MR) is 88.1 cm³/mol. The fraction of sp³-hybridized carbons (Fsp3) is 0.765. The first-order chi connectivity index (χ1) is 8.90. The van der Waals surface area contributed by atoms with Crippen LogP contribution in [0.1, 0.15) is 76.6 Å². The third-order valence-corrected chi connectivity index (χ3v) is 5.19. The molecule has 0 aliphatic rings. The lowest BCUT2D eigenvalue weighted by molar-refractivity contribution is 0.368. The van der Waals surface area contributed by atoms with E-state index in [-0.39, 0.29) is 5.41 Å². The van der Waals surface area contributed by atoms with Crippen molar-refractivity contribution in [1.29, 1.82) is 0 Å². The van der Waals surface area contributed by atoms with Crippen LogP contribution >= 0.6 is 11.3 Å². The Balaban J connectivity index is 2.87. The van der Waals surface area contributed by atoms with E-state index in [0.717, 1.165) is 6.54 Å². The van der Waals surface area contributed by atoms with Gasteiger partial charge in [-0.2, -0.15) is 0 Å². The third-order valence-electron chi connectivity index (χ3n) is 3.60. The molecule has 1 N–H and O–H groups in total. The molecule has 0 radical (unpaired) electrons. The molecular formula is C17H31NS. The second-order valence-corrected chi connectivity index (χ2v) is 7.77. The maximum absolute atomic E-state index is 3.75. The summed E-state index contributed by atoms with van der Waals surface area (Å²) in [5.74, 6) is 0.711. The van der Waals surface area contributed by atoms with Crippen LogP contribution in [0.15, 0.2) is 12.1 Å². The van der Waals surface area contributed by atoms with Gasteiger partial charge in [0.25, 0.3) is 0 Å². The van der Waals surface area contributed by atoms with Crippen molar-refractivity contribution < 1.29 is 0 Å². The van der Waals surface area contributed by atoms with Crippen molar-refractivity contribution in [2.45, 2.75) is 72.3 Å². The number of hydrogen-bond donors (Lipinski definition) is 1. The van der Waals surface area contributed by atoms with Crippen molar-refractivity contribution >= 4 is 11.3 Å². The third kappa shape index (κ3) is 4.92. The second kappa shape index (κ2) is 7.44. The van der Waals surface area contributed by atoms with Crippen molar-refractivity contribution in [2.24, 2.45) is 5.92 Å². The molecular weight excluding hydrogens is 250 g/mol. The molecule has 0 fully saturated rings. The molecule has 0 bridgehead atoms. The largest absolute Gasteiger partial charge is 0.309 e. The average Bonchev–Trinajstić information content (AvgIpc) is 2.79. The first kappa shape index (κ1) is 16.7. The maximum Gasteiger partial charge on any atom is 0.0440 e. The minimum absolute atomic E-state index is 0.270. The molecule has 0 aromatic carbocycles. The molecule has 1 heterocycles. The monoisotopic (exact) mass is 281 g/mol. The quantitative estimate of drug-likeness (QED) is 0.693. The Kier molecular flexibility index (Phi) is 6.55. The minimum Gasteiger partial charge on any atom is -0.309 e. The summed E-state index contributed by atoms with van der Waals surface area (Å²) in [5.41, 5.74) is 0.270. The molecule has 1 rings (SSSR count). The summed E-state index contributed by atoms with van der Waals surface area (Å²) < 4.78 is 0. The topological polar surface area (TPSA) is 12.0 Å². The van der Waals surface area contributed by atoms with Crippen molar-refractivity contribution in [1.82, 2.24) is 5.32 Å². The van der Waals surface area contributed by atoms with Crippen LogP contribution in [0.4, 0.5) is 0 Å². The first-order valence-corrected chi connectivity index (χ1v) is 8.55. The zero-order chi connectivity index (χ0) is 14.5. The van der Waals surface area contributed by atoms with Crippen molar-refractivity contribution in [3.8, 4) is 0 Å². The summed E-state index contributed by atoms with van der Waals surface area (Å²) >= 11 is 1.99. The highest BCUT2D eigenvalue weighted by atomic mass is 32.1. The van der Waals surface area contributed by atoms with Gasteiger partial charge in [0.15, 0.2) is 0 Å². The van der Waals surface area contributed by atoms with E-state index in [2.05, 4.69) is 59.0 Å². The summed E-state index contributed by atoms with van der Waals surface area (Å²) in [7, 11) is 0. The fourth-order valence-corrected chi connectivity index (χ4v) is 3.70. The average molecular weight is 282 g/mol. The van der Waals surface area contributed by atoms with Crippen molar-refractivity contribution in [2.75, 3.05) is 6.54 Å². The lowest BCUT2D eigenvalue weighted by Crippen LogP contribution is -2.27. The van der Waals surface area contributed by atoms with Gasteiger partial charge < -0.3 is 5.32 Å². The fourth-order valence-electron chi connectivity index (χ4n) is 2.43. The Morgan fingerprint density at radius 1 is 1.16 bits per heavy atom. The Morgan fingerprint density at radius 2 is 1.84 bits per heavy atom. The Bertz CT molecular complexity index is 362. The van der Waals surface area contributed by atoms with Crippen LogP contribution in [0, 0.1) is 5.92 Å². The van der Waals surface area contributed by atoms with Crippen molar-refractivity contribution in [3.05, 3.63) is 21.9 Å². The number of nitrogens with one attached hydrogen (secondary N) is 1. The summed E-state index contributed by atoms with van der Waals surface area (Å²) in [6.45, 7) is 14.9. The summed E-state index contributed by atoms with van der Waals surface area (Å²) in [6.07, 6.45) is 3.76. The van der Waals surface area contributed by atoms with Gasteiger partial charge in [0.05, 0.1) is 0 Å². The summed E-state index contributed by atoms with van der Waals surface area (Å²) in [4.78, 5) is 3.01. The molecule has 1 aromatic rings. The van der Waals surface area contributed by atoms with E-state index < -0.39 is 0 Å². The van der Waals surface area contributed by atoms with Gasteiger partial charge in [-0.25, -0.2) is 0 Å². The molecule has 19 heavy (non-hydrogen) atoms. The van der Waals surface area contributed by atoms with E-state index in [9.17, 15) is 0 Å². The van der Waals surface area contributed by atoms with Gasteiger partial charge in [0.2, 0.25) is 0 Å². The SMILES string of the molecule is CCCNC(c1ccc(C(C)(C)C)s1)C(C)CCC. The van der Waals surface area contributed by atoms with Gasteiger partial charge >= 0.3 is 0 Å². The van der Waals surface area contributed by atoms with Crippen LogP contribution in [0.5, 0.6) is 0 Å². The lowest BCUT2D eigenvalue weighted by atomic mass is 9.94. The molecule has 2 heteroatoms. The number of thiophene rings is 1. The standard InChI is InChI=1S/C17H31NS/c1-7-9-13(3)16(18-12-8-2)14-10-11-15(19-14)17(4,5)6/h10-11,13,16,18H,7-9,12H2,1-6H3. The molecule has 0 spiro atoms. The molecule has 2 atom stereocenters. The van der Waals surface area contributed by atoms with E-state index in [4.69, 9.17) is 0 Å². The van der Waals surface area contributed by atoms with E-state index in [0.29, 0.717) is 12.0 Å². The smallest absolute Gasteiger partial charge is 0.0440 e. The van der Waals surface area contributed by atoms with E-state index in [1.807, 2.05) is 11.3 Å². The minimum atomic E-state index is 0.270. The van der Waals surface area contributed by atoms with Crippen LogP contribution in [0.2, 0.25) is 0 Å². The van der Waals surface area contributed by atoms with E-state index in [1.165, 1.54) is 29.0 Å². The van der Waals surface area contributed by atoms with Crippen LogP contribution in [-0.4, -0.2) is 6.54 Å². The van der Waals surface area contributed by atoms with Crippen LogP contribution < -0.4 is 5.32 Å². The highest BCUT2D eigenvalue weighted by molar-refractivity contribution is 7.12. The molecule has 0 amide bonds. The normalized spacial score (nSPS) is 15.5. The van der Waals surface area contributed by atoms with Gasteiger partial charge in [-0.05, 0) is 42.9 Å². The maximum atomic E-state index is 3.75. The van der Waals surface area contributed by atoms with Gasteiger partial charge in [0.1, 0.15) is 0 Å². The predicted octanol–water partition coefficient (Wildman–Crippen LogP) is 5.52. The molecule has 0 aliphatic carbocycles. The van der Waals surface area contributed by atoms with Crippen molar-refractivity contribution in [3.63, 3.8) is 0 Å². The van der Waals surface area contributed by atoms with Gasteiger partial charge in [-0.15, -0.1) is 11.3 Å². The summed E-state index contributed by atoms with van der Waals surface area (Å²) in [6, 6.07) is 5.19. The zero-order valence-corrected chi connectivity index (χ0v) is 14.4. The summed E-state index contributed by atoms with van der Waals surface area (Å²) in [5, 5.41) is 3.75. The number of rotatable bonds is 7. The molecule has 1 aromatic heterocycles. The molecule has 0 aliphatic heterocycles. The van der Waals surface area contributed by atoms with Gasteiger partial charge in [-0.1, -0.05) is 48.0 Å². The van der Waals surface area contributed by atoms with Crippen LogP contribution in [0.3, 0.4) is 0 Å². The van der Waals surface area contributed by atoms with Gasteiger partial charge in [0, 0.05) is 15.8 Å². The first-order valence-electron chi connectivity index (χ1n) is 7.73. The molecule has 2 unspecified atom stereocenters. The van der Waals surface area contributed by atoms with E-state index >= 15 is 0 Å². The number of hydrogen-bond acceptors (Lipinski definition) is 2. The Labute approximate surface area is 123 Å². The second-order valence-electron chi connectivity index (χ2n) is 6.65. The molecule has 1 nitrogen and oxygen atoms in total. The van der Waals surface area contributed by atoms with E-state index in [1.54, 1.807) is 0 Å². The van der Waals surface area contributed by atoms with Crippen LogP contribution in [0.25, 0.3) is 0 Å². The highest BCUT2D eigenvalue weighted by Gasteiger charge is 2.22. The zero-order valence-electron chi connectivity index (χ0n) is 13.5. The lowest BCUT2D eigenvalue weighted by Gasteiger charge is -2.24. The Hall–Kier alpha value is -0.340. The molecule has 0 saturated carbocycles. The highest BCUT2D eigenvalue weighted by Crippen LogP contribution is 2.35. The Morgan fingerprint density at radius 3 is 2.32 bits per heavy atom. The van der Waals surface area contributed by atoms with Gasteiger partial charge in [-0.3, -0.25) is 0 Å². The van der Waals surface area contributed by atoms with Crippen LogP contribution in [-0.2, 0) is 5.41 Å².